The smallest absolute Gasteiger partial charge is 0.408 e. The molecule has 0 radical (unpaired) electrons. The number of nitrogens with zero attached hydrogens (tertiary/aromatic N) is 2. The second-order valence-corrected chi connectivity index (χ2v) is 23.1. The van der Waals surface area contributed by atoms with Gasteiger partial charge in [0.15, 0.2) is 0 Å². The lowest BCUT2D eigenvalue weighted by Gasteiger charge is -2.54. The van der Waals surface area contributed by atoms with E-state index in [9.17, 15) is 38.4 Å². The van der Waals surface area contributed by atoms with Gasteiger partial charge in [0, 0.05) is 51.0 Å². The van der Waals surface area contributed by atoms with Crippen LogP contribution in [0.25, 0.3) is 0 Å². The normalized spacial score (nSPS) is 18.8. The minimum Gasteiger partial charge on any atom is -0.445 e. The van der Waals surface area contributed by atoms with Crippen LogP contribution < -0.4 is 31.9 Å². The summed E-state index contributed by atoms with van der Waals surface area (Å²) >= 11 is 0. The van der Waals surface area contributed by atoms with Gasteiger partial charge in [0.05, 0.1) is 0 Å². The van der Waals surface area contributed by atoms with Crippen LogP contribution >= 0.6 is 0 Å². The Morgan fingerprint density at radius 3 is 1.68 bits per heavy atom. The van der Waals surface area contributed by atoms with Gasteiger partial charge in [0.25, 0.3) is 0 Å². The van der Waals surface area contributed by atoms with Crippen LogP contribution in [0.15, 0.2) is 91.0 Å². The number of piperidine rings is 1. The van der Waals surface area contributed by atoms with Crippen LogP contribution in [0.2, 0.25) is 0 Å². The zero-order chi connectivity index (χ0) is 56.0. The number of ether oxygens (including phenoxy) is 3. The van der Waals surface area contributed by atoms with E-state index in [0.29, 0.717) is 51.9 Å². The molecule has 418 valence electrons. The molecule has 1 aliphatic carbocycles. The average molecular weight is 1070 g/mol. The van der Waals surface area contributed by atoms with Crippen LogP contribution in [-0.4, -0.2) is 132 Å². The van der Waals surface area contributed by atoms with Gasteiger partial charge in [-0.15, -0.1) is 0 Å². The molecule has 1 saturated carbocycles. The molecule has 1 spiro atoms. The quantitative estimate of drug-likeness (QED) is 0.0508. The number of amides is 8. The minimum absolute atomic E-state index is 0.0539. The average Bonchev–Trinajstić information content (AvgIpc) is 4.12. The van der Waals surface area contributed by atoms with Gasteiger partial charge in [0.2, 0.25) is 29.5 Å². The highest BCUT2D eigenvalue weighted by Gasteiger charge is 2.63. The highest BCUT2D eigenvalue weighted by molar-refractivity contribution is 6.00. The standard InChI is InChI=1S/C58H80N8O11/c1-39(2)43-34-58(43,64-49(69)46(33-41-22-14-10-15-23-41)61-48(68)45(32-40-20-12-9-13-21-40)63-54(74)77-56(6,7)8)51(71)62-44(26-18-19-29-59-53(73)76-55(3,4)5)50(70)66-37-57(38-66)27-30-65(31-28-57)47(67)35-60-52(72)75-36-42-24-16-11-17-25-42/h9-17,20-25,39,43-46H,18-19,26-38H2,1-8H3,(H,59,73)(H,60,72)(H,61,68)(H,62,71)(H,63,74)(H,64,69)/t43?,44-,45-,46-,58?/m1/s1. The third-order valence-corrected chi connectivity index (χ3v) is 14.1. The first-order valence-corrected chi connectivity index (χ1v) is 26.9. The second kappa shape index (κ2) is 26.2. The topological polar surface area (TPSA) is 243 Å². The second-order valence-electron chi connectivity index (χ2n) is 23.1. The first-order valence-electron chi connectivity index (χ1n) is 26.9. The van der Waals surface area contributed by atoms with E-state index in [-0.39, 0.29) is 74.4 Å². The van der Waals surface area contributed by atoms with Crippen molar-refractivity contribution in [2.75, 3.05) is 39.3 Å². The van der Waals surface area contributed by atoms with Crippen LogP contribution in [0.3, 0.4) is 0 Å². The maximum atomic E-state index is 14.9. The van der Waals surface area contributed by atoms with E-state index in [4.69, 9.17) is 14.2 Å². The number of benzene rings is 3. The van der Waals surface area contributed by atoms with Gasteiger partial charge in [-0.1, -0.05) is 105 Å². The number of likely N-dealkylation sites (tertiary alicyclic amines) is 2. The molecule has 3 aromatic rings. The number of alkyl carbamates (subject to hydrolysis) is 3. The fourth-order valence-corrected chi connectivity index (χ4v) is 9.94. The highest BCUT2D eigenvalue weighted by atomic mass is 16.6. The molecule has 8 amide bonds. The minimum atomic E-state index is -1.41. The zero-order valence-corrected chi connectivity index (χ0v) is 46.0. The number of hydrogen-bond acceptors (Lipinski definition) is 11. The van der Waals surface area contributed by atoms with E-state index >= 15 is 0 Å². The summed E-state index contributed by atoms with van der Waals surface area (Å²) in [7, 11) is 0. The molecule has 3 aromatic carbocycles. The van der Waals surface area contributed by atoms with Crippen molar-refractivity contribution < 1.29 is 52.6 Å². The van der Waals surface area contributed by atoms with E-state index in [1.807, 2.05) is 105 Å². The van der Waals surface area contributed by atoms with Crippen molar-refractivity contribution in [3.05, 3.63) is 108 Å². The summed E-state index contributed by atoms with van der Waals surface area (Å²) in [5, 5.41) is 17.0. The molecule has 6 rings (SSSR count). The Morgan fingerprint density at radius 1 is 0.610 bits per heavy atom. The molecule has 3 aliphatic rings. The lowest BCUT2D eigenvalue weighted by Crippen LogP contribution is -2.66. The summed E-state index contributed by atoms with van der Waals surface area (Å²) in [4.78, 5) is 113. The van der Waals surface area contributed by atoms with Gasteiger partial charge in [-0.25, -0.2) is 14.4 Å². The molecule has 0 aromatic heterocycles. The maximum Gasteiger partial charge on any atom is 0.408 e. The van der Waals surface area contributed by atoms with E-state index in [0.717, 1.165) is 16.7 Å². The molecule has 19 heteroatoms. The molecule has 0 bridgehead atoms. The molecular formula is C58H80N8O11. The Labute approximate surface area is 453 Å². The summed E-state index contributed by atoms with van der Waals surface area (Å²) in [5.41, 5.74) is -0.828. The third kappa shape index (κ3) is 18.0. The van der Waals surface area contributed by atoms with Crippen molar-refractivity contribution in [2.24, 2.45) is 17.3 Å². The van der Waals surface area contributed by atoms with Crippen molar-refractivity contribution in [3.8, 4) is 0 Å². The van der Waals surface area contributed by atoms with Gasteiger partial charge in [-0.2, -0.15) is 0 Å². The molecule has 19 nitrogen and oxygen atoms in total. The van der Waals surface area contributed by atoms with E-state index in [1.54, 1.807) is 51.3 Å². The number of nitrogens with one attached hydrogen (secondary N) is 6. The van der Waals surface area contributed by atoms with Gasteiger partial charge in [-0.3, -0.25) is 24.0 Å². The monoisotopic (exact) mass is 1060 g/mol. The molecule has 77 heavy (non-hydrogen) atoms. The van der Waals surface area contributed by atoms with Crippen LogP contribution in [-0.2, 0) is 57.6 Å². The van der Waals surface area contributed by atoms with Crippen LogP contribution in [0, 0.1) is 17.3 Å². The van der Waals surface area contributed by atoms with E-state index in [2.05, 4.69) is 31.9 Å². The molecule has 2 heterocycles. The maximum absolute atomic E-state index is 14.9. The Bertz CT molecular complexity index is 2500. The summed E-state index contributed by atoms with van der Waals surface area (Å²) in [6.45, 7) is 16.3. The van der Waals surface area contributed by atoms with Crippen molar-refractivity contribution in [1.29, 1.82) is 0 Å². The molecule has 6 N–H and O–H groups in total. The number of carbonyl (C=O) groups is 8. The molecule has 5 atom stereocenters. The molecular weight excluding hydrogens is 985 g/mol. The van der Waals surface area contributed by atoms with E-state index < -0.39 is 70.9 Å². The molecule has 2 saturated heterocycles. The van der Waals surface area contributed by atoms with Crippen molar-refractivity contribution in [1.82, 2.24) is 41.7 Å². The first kappa shape index (κ1) is 59.1. The number of carbonyl (C=O) groups excluding carboxylic acids is 8. The summed E-state index contributed by atoms with van der Waals surface area (Å²) in [6, 6.07) is 24.2. The number of hydrogen-bond donors (Lipinski definition) is 6. The lowest BCUT2D eigenvalue weighted by atomic mass is 9.71. The van der Waals surface area contributed by atoms with Gasteiger partial charge >= 0.3 is 18.3 Å². The van der Waals surface area contributed by atoms with Crippen LogP contribution in [0.5, 0.6) is 0 Å². The van der Waals surface area contributed by atoms with Crippen molar-refractivity contribution >= 4 is 47.8 Å². The number of unbranched alkanes of at least 4 members (excludes halogenated alkanes) is 1. The Morgan fingerprint density at radius 2 is 1.14 bits per heavy atom. The lowest BCUT2D eigenvalue weighted by molar-refractivity contribution is -0.153. The van der Waals surface area contributed by atoms with Crippen molar-refractivity contribution in [2.45, 2.75) is 148 Å². The SMILES string of the molecule is CC(C)C1CC1(NC(=O)[C@@H](Cc1ccccc1)NC(=O)[C@@H](Cc1ccccc1)NC(=O)OC(C)(C)C)C(=O)N[C@H](CCCCNC(=O)OC(C)(C)C)C(=O)N1CC2(CCN(C(=O)CNC(=O)OCc3ccccc3)CC2)C1. The molecule has 2 unspecified atom stereocenters. The van der Waals surface area contributed by atoms with Crippen molar-refractivity contribution in [3.63, 3.8) is 0 Å². The molecule has 3 fully saturated rings. The van der Waals surface area contributed by atoms with E-state index in [1.165, 1.54) is 0 Å². The van der Waals surface area contributed by atoms with Gasteiger partial charge in [-0.05, 0) is 109 Å². The third-order valence-electron chi connectivity index (χ3n) is 14.1. The zero-order valence-electron chi connectivity index (χ0n) is 46.0. The van der Waals surface area contributed by atoms with Gasteiger partial charge < -0.3 is 55.9 Å². The summed E-state index contributed by atoms with van der Waals surface area (Å²) in [5.74, 6) is -2.63. The Balaban J connectivity index is 1.13. The summed E-state index contributed by atoms with van der Waals surface area (Å²) < 4.78 is 16.1. The van der Waals surface area contributed by atoms with Gasteiger partial charge in [0.1, 0.15) is 48.0 Å². The summed E-state index contributed by atoms with van der Waals surface area (Å²) in [6.07, 6.45) is 0.871. The Hall–Kier alpha value is -7.18. The highest BCUT2D eigenvalue weighted by Crippen LogP contribution is 2.49. The predicted octanol–water partition coefficient (Wildman–Crippen LogP) is 5.94. The largest absolute Gasteiger partial charge is 0.445 e. The predicted molar refractivity (Wildman–Crippen MR) is 289 cm³/mol. The van der Waals surface area contributed by atoms with Crippen LogP contribution in [0.4, 0.5) is 14.4 Å². The molecule has 2 aliphatic heterocycles. The van der Waals surface area contributed by atoms with Crippen LogP contribution in [0.1, 0.15) is 111 Å². The fraction of sp³-hybridized carbons (Fsp3) is 0.552. The fourth-order valence-electron chi connectivity index (χ4n) is 9.94. The Kier molecular flexibility index (Phi) is 20.1. The first-order chi connectivity index (χ1) is 36.4. The number of rotatable bonds is 22.